The Morgan fingerprint density at radius 1 is 1.13 bits per heavy atom. The normalized spacial score (nSPS) is 11.8. The second kappa shape index (κ2) is 10.3. The number of nitrogens with zero attached hydrogens (tertiary/aromatic N) is 1. The number of nitrogens with one attached hydrogen (secondary N) is 1. The first-order chi connectivity index (χ1) is 14.9. The number of hydrogen-bond acceptors (Lipinski definition) is 4. The Morgan fingerprint density at radius 3 is 2.42 bits per heavy atom. The fraction of sp³-hybridized carbons (Fsp3) is 0.0909. The van der Waals surface area contributed by atoms with Crippen LogP contribution in [0.15, 0.2) is 73.1 Å². The van der Waals surface area contributed by atoms with Crippen LogP contribution < -0.4 is 19.7 Å². The van der Waals surface area contributed by atoms with Crippen LogP contribution in [-0.4, -0.2) is 16.7 Å². The standard InChI is InChI=1S/C22H17ClF2N2O3S/c23-16-5-3-15(4-6-16)20(29)19(27-11-1-2-14(12-27)13-28)21(31)26-17-7-9-18(10-8-17)30-22(24)25/h1-12,22,28H,13H2,(H-,26,29,31). The second-order valence-corrected chi connectivity index (χ2v) is 7.16. The third-order valence-electron chi connectivity index (χ3n) is 4.18. The first-order valence-electron chi connectivity index (χ1n) is 9.02. The van der Waals surface area contributed by atoms with Gasteiger partial charge < -0.3 is 20.3 Å². The summed E-state index contributed by atoms with van der Waals surface area (Å²) in [4.78, 5) is 0.0996. The number of rotatable bonds is 7. The maximum Gasteiger partial charge on any atom is 0.387 e. The van der Waals surface area contributed by atoms with Crippen molar-refractivity contribution < 1.29 is 28.3 Å². The number of thiocarbonyl (C=S) groups is 1. The molecule has 3 rings (SSSR count). The molecule has 1 heterocycles. The van der Waals surface area contributed by atoms with Gasteiger partial charge in [0.2, 0.25) is 5.70 Å². The molecular formula is C22H17ClF2N2O3S. The molecule has 5 nitrogen and oxygen atoms in total. The van der Waals surface area contributed by atoms with Crippen LogP contribution >= 0.6 is 23.8 Å². The number of ether oxygens (including phenoxy) is 1. The van der Waals surface area contributed by atoms with Crippen molar-refractivity contribution in [3.05, 3.63) is 89.2 Å². The van der Waals surface area contributed by atoms with Gasteiger partial charge >= 0.3 is 6.61 Å². The summed E-state index contributed by atoms with van der Waals surface area (Å²) in [5.74, 6) is -0.371. The molecule has 3 aromatic rings. The Kier molecular flexibility index (Phi) is 7.51. The maximum atomic E-state index is 13.3. The van der Waals surface area contributed by atoms with E-state index < -0.39 is 6.61 Å². The molecule has 0 bridgehead atoms. The van der Waals surface area contributed by atoms with Crippen LogP contribution in [0.5, 0.6) is 5.75 Å². The fourth-order valence-corrected chi connectivity index (χ4v) is 3.18. The minimum atomic E-state index is -2.92. The van der Waals surface area contributed by atoms with Crippen molar-refractivity contribution in [1.82, 2.24) is 0 Å². The molecule has 1 aromatic heterocycles. The highest BCUT2D eigenvalue weighted by atomic mass is 35.5. The smallest absolute Gasteiger partial charge is 0.387 e. The van der Waals surface area contributed by atoms with Crippen LogP contribution in [0.25, 0.3) is 11.5 Å². The van der Waals surface area contributed by atoms with Crippen molar-refractivity contribution in [2.24, 2.45) is 0 Å². The van der Waals surface area contributed by atoms with Crippen molar-refractivity contribution in [1.29, 1.82) is 0 Å². The lowest BCUT2D eigenvalue weighted by atomic mass is 10.1. The largest absolute Gasteiger partial charge is 0.867 e. The zero-order valence-electron chi connectivity index (χ0n) is 16.0. The molecule has 160 valence electrons. The fourth-order valence-electron chi connectivity index (χ4n) is 2.74. The minimum absolute atomic E-state index is 0.00191. The maximum absolute atomic E-state index is 13.3. The van der Waals surface area contributed by atoms with E-state index in [9.17, 15) is 19.0 Å². The van der Waals surface area contributed by atoms with E-state index in [0.29, 0.717) is 21.8 Å². The summed E-state index contributed by atoms with van der Waals surface area (Å²) in [7, 11) is 0. The number of anilines is 1. The number of halogens is 3. The molecule has 9 heteroatoms. The van der Waals surface area contributed by atoms with E-state index in [4.69, 9.17) is 23.8 Å². The summed E-state index contributed by atoms with van der Waals surface area (Å²) < 4.78 is 30.5. The van der Waals surface area contributed by atoms with E-state index in [2.05, 4.69) is 10.1 Å². The van der Waals surface area contributed by atoms with E-state index in [0.717, 1.165) is 0 Å². The topological polar surface area (TPSA) is 68.4 Å². The number of pyridine rings is 1. The number of aliphatic hydroxyl groups is 1. The Morgan fingerprint density at radius 2 is 1.81 bits per heavy atom. The van der Waals surface area contributed by atoms with Gasteiger partial charge in [0.15, 0.2) is 17.4 Å². The number of aliphatic hydroxyl groups excluding tert-OH is 1. The number of hydrogen-bond donors (Lipinski definition) is 2. The summed E-state index contributed by atoms with van der Waals surface area (Å²) in [6, 6.07) is 15.5. The van der Waals surface area contributed by atoms with Crippen LogP contribution in [0.3, 0.4) is 0 Å². The molecule has 0 aliphatic heterocycles. The zero-order valence-corrected chi connectivity index (χ0v) is 17.5. The van der Waals surface area contributed by atoms with Crippen molar-refractivity contribution in [2.75, 3.05) is 5.32 Å². The SMILES string of the molecule is [O-]/C(=C(\C(=S)Nc1ccc(OC(F)F)cc1)[n+]1cccc(CO)c1)c1ccc(Cl)cc1. The Bertz CT molecular complexity index is 1090. The zero-order chi connectivity index (χ0) is 22.4. The van der Waals surface area contributed by atoms with Gasteiger partial charge in [0.1, 0.15) is 5.75 Å². The van der Waals surface area contributed by atoms with Gasteiger partial charge in [0.05, 0.1) is 6.61 Å². The van der Waals surface area contributed by atoms with Gasteiger partial charge in [0.25, 0.3) is 0 Å². The average Bonchev–Trinajstić information content (AvgIpc) is 2.75. The molecule has 2 N–H and O–H groups in total. The molecule has 0 aliphatic carbocycles. The molecule has 0 unspecified atom stereocenters. The number of alkyl halides is 2. The van der Waals surface area contributed by atoms with Gasteiger partial charge in [-0.15, -0.1) is 0 Å². The second-order valence-electron chi connectivity index (χ2n) is 6.32. The van der Waals surface area contributed by atoms with Gasteiger partial charge in [-0.3, -0.25) is 0 Å². The molecule has 0 atom stereocenters. The van der Waals surface area contributed by atoms with E-state index in [1.165, 1.54) is 28.8 Å². The summed E-state index contributed by atoms with van der Waals surface area (Å²) in [5, 5.41) is 26.2. The number of benzene rings is 2. The van der Waals surface area contributed by atoms with E-state index in [-0.39, 0.29) is 28.8 Å². The van der Waals surface area contributed by atoms with Crippen molar-refractivity contribution in [3.63, 3.8) is 0 Å². The quantitative estimate of drug-likeness (QED) is 0.242. The van der Waals surface area contributed by atoms with Gasteiger partial charge in [0, 0.05) is 22.3 Å². The van der Waals surface area contributed by atoms with E-state index in [1.807, 2.05) is 0 Å². The lowest BCUT2D eigenvalue weighted by Gasteiger charge is -2.17. The highest BCUT2D eigenvalue weighted by Gasteiger charge is 2.20. The van der Waals surface area contributed by atoms with Crippen molar-refractivity contribution >= 4 is 46.0 Å². The molecule has 0 aliphatic rings. The van der Waals surface area contributed by atoms with Gasteiger partial charge in [-0.1, -0.05) is 36.0 Å². The Labute approximate surface area is 187 Å². The van der Waals surface area contributed by atoms with Crippen molar-refractivity contribution in [2.45, 2.75) is 13.2 Å². The van der Waals surface area contributed by atoms with Crippen molar-refractivity contribution in [3.8, 4) is 5.75 Å². The van der Waals surface area contributed by atoms with Crippen LogP contribution in [0.2, 0.25) is 5.02 Å². The lowest BCUT2D eigenvalue weighted by molar-refractivity contribution is -0.578. The van der Waals surface area contributed by atoms with Crippen LogP contribution in [-0.2, 0) is 6.61 Å². The number of aromatic nitrogens is 1. The van der Waals surface area contributed by atoms with E-state index in [1.54, 1.807) is 48.8 Å². The van der Waals surface area contributed by atoms with Crippen LogP contribution in [0, 0.1) is 0 Å². The predicted molar refractivity (Wildman–Crippen MR) is 116 cm³/mol. The molecule has 31 heavy (non-hydrogen) atoms. The first-order valence-corrected chi connectivity index (χ1v) is 9.81. The molecule has 0 saturated heterocycles. The molecule has 0 amide bonds. The predicted octanol–water partition coefficient (Wildman–Crippen LogP) is 3.85. The Hall–Kier alpha value is -3.07. The van der Waals surface area contributed by atoms with Crippen LogP contribution in [0.1, 0.15) is 11.1 Å². The summed E-state index contributed by atoms with van der Waals surface area (Å²) in [5.41, 5.74) is 1.57. The first kappa shape index (κ1) is 22.6. The molecular weight excluding hydrogens is 446 g/mol. The molecule has 0 fully saturated rings. The van der Waals surface area contributed by atoms with E-state index >= 15 is 0 Å². The monoisotopic (exact) mass is 462 g/mol. The van der Waals surface area contributed by atoms with Gasteiger partial charge in [-0.05, 0) is 53.8 Å². The molecule has 2 aromatic carbocycles. The molecule has 0 spiro atoms. The third-order valence-corrected chi connectivity index (χ3v) is 4.72. The summed E-state index contributed by atoms with van der Waals surface area (Å²) in [6.07, 6.45) is 3.23. The minimum Gasteiger partial charge on any atom is -0.867 e. The molecule has 0 radical (unpaired) electrons. The molecule has 0 saturated carbocycles. The average molecular weight is 463 g/mol. The Balaban J connectivity index is 1.98. The lowest BCUT2D eigenvalue weighted by Crippen LogP contribution is -2.40. The highest BCUT2D eigenvalue weighted by Crippen LogP contribution is 2.21. The summed E-state index contributed by atoms with van der Waals surface area (Å²) >= 11 is 11.4. The third kappa shape index (κ3) is 5.97. The van der Waals surface area contributed by atoms with Gasteiger partial charge in [-0.2, -0.15) is 13.3 Å². The summed E-state index contributed by atoms with van der Waals surface area (Å²) in [6.45, 7) is -3.14. The highest BCUT2D eigenvalue weighted by molar-refractivity contribution is 7.81. The van der Waals surface area contributed by atoms with Crippen LogP contribution in [0.4, 0.5) is 14.5 Å². The van der Waals surface area contributed by atoms with Gasteiger partial charge in [-0.25, -0.2) is 0 Å².